The third-order valence-corrected chi connectivity index (χ3v) is 3.92. The largest absolute Gasteiger partial charge is 0.335 e. The summed E-state index contributed by atoms with van der Waals surface area (Å²) < 4.78 is 21.6. The molecular weight excluding hydrogens is 166 g/mol. The van der Waals surface area contributed by atoms with Gasteiger partial charge in [0.15, 0.2) is 9.84 Å². The highest BCUT2D eigenvalue weighted by atomic mass is 32.2. The van der Waals surface area contributed by atoms with Gasteiger partial charge in [0, 0.05) is 0 Å². The standard InChI is InChI=1S/C6H9NO3S/c1-3-5(8)7-6-4(2)11(6,9)10/h3-4,6H,1H2,2H3,(H,7,8). The highest BCUT2D eigenvalue weighted by molar-refractivity contribution is 7.99. The Hall–Kier alpha value is -0.840. The van der Waals surface area contributed by atoms with Gasteiger partial charge in [0.05, 0.1) is 5.25 Å². The lowest BCUT2D eigenvalue weighted by atomic mass is 10.4. The summed E-state index contributed by atoms with van der Waals surface area (Å²) in [7, 11) is -3.02. The van der Waals surface area contributed by atoms with Crippen LogP contribution in [0.15, 0.2) is 12.7 Å². The molecule has 2 unspecified atom stereocenters. The van der Waals surface area contributed by atoms with Gasteiger partial charge in [0.1, 0.15) is 5.37 Å². The van der Waals surface area contributed by atoms with E-state index in [1.165, 1.54) is 0 Å². The molecule has 0 radical (unpaired) electrons. The Morgan fingerprint density at radius 2 is 2.09 bits per heavy atom. The first-order chi connectivity index (χ1) is 5.00. The molecule has 0 saturated carbocycles. The van der Waals surface area contributed by atoms with Crippen LogP contribution in [0.1, 0.15) is 6.92 Å². The molecule has 0 aromatic rings. The second-order valence-corrected chi connectivity index (χ2v) is 4.86. The van der Waals surface area contributed by atoms with Crippen LogP contribution in [0.2, 0.25) is 0 Å². The van der Waals surface area contributed by atoms with Gasteiger partial charge in [-0.2, -0.15) is 0 Å². The number of hydrogen-bond donors (Lipinski definition) is 1. The van der Waals surface area contributed by atoms with Crippen LogP contribution in [0.25, 0.3) is 0 Å². The van der Waals surface area contributed by atoms with E-state index in [0.29, 0.717) is 0 Å². The zero-order chi connectivity index (χ0) is 8.65. The summed E-state index contributed by atoms with van der Waals surface area (Å²) in [5.74, 6) is -0.442. The summed E-state index contributed by atoms with van der Waals surface area (Å²) in [5, 5.41) is 1.17. The summed E-state index contributed by atoms with van der Waals surface area (Å²) in [6, 6.07) is 0. The lowest BCUT2D eigenvalue weighted by Crippen LogP contribution is -2.25. The monoisotopic (exact) mass is 175 g/mol. The molecule has 2 atom stereocenters. The summed E-state index contributed by atoms with van der Waals surface area (Å²) in [6.07, 6.45) is 1.06. The van der Waals surface area contributed by atoms with E-state index in [0.717, 1.165) is 6.08 Å². The molecule has 1 heterocycles. The molecule has 62 valence electrons. The number of carbonyl (C=O) groups is 1. The molecule has 0 spiro atoms. The minimum Gasteiger partial charge on any atom is -0.335 e. The first kappa shape index (κ1) is 8.26. The van der Waals surface area contributed by atoms with Crippen molar-refractivity contribution in [2.45, 2.75) is 17.5 Å². The fourth-order valence-electron chi connectivity index (χ4n) is 0.797. The van der Waals surface area contributed by atoms with Gasteiger partial charge in [-0.1, -0.05) is 6.58 Å². The van der Waals surface area contributed by atoms with Crippen LogP contribution < -0.4 is 5.32 Å². The lowest BCUT2D eigenvalue weighted by Gasteiger charge is -1.92. The van der Waals surface area contributed by atoms with Crippen molar-refractivity contribution in [3.8, 4) is 0 Å². The molecule has 1 fully saturated rings. The molecule has 1 saturated heterocycles. The molecule has 1 amide bonds. The second-order valence-electron chi connectivity index (χ2n) is 2.43. The smallest absolute Gasteiger partial charge is 0.244 e. The van der Waals surface area contributed by atoms with Gasteiger partial charge in [-0.05, 0) is 13.0 Å². The number of amides is 1. The van der Waals surface area contributed by atoms with Crippen molar-refractivity contribution in [3.05, 3.63) is 12.7 Å². The van der Waals surface area contributed by atoms with E-state index in [1.807, 2.05) is 0 Å². The third-order valence-electron chi connectivity index (χ3n) is 1.69. The number of carbonyl (C=O) groups excluding carboxylic acids is 1. The molecular formula is C6H9NO3S. The lowest BCUT2D eigenvalue weighted by molar-refractivity contribution is -0.116. The SMILES string of the molecule is C=CC(=O)NC1C(C)S1(=O)=O. The van der Waals surface area contributed by atoms with Gasteiger partial charge in [0.2, 0.25) is 5.91 Å². The molecule has 1 aliphatic heterocycles. The quantitative estimate of drug-likeness (QED) is 0.451. The summed E-state index contributed by atoms with van der Waals surface area (Å²) >= 11 is 0. The number of hydrogen-bond acceptors (Lipinski definition) is 3. The van der Waals surface area contributed by atoms with Crippen LogP contribution >= 0.6 is 0 Å². The third kappa shape index (κ3) is 1.28. The second kappa shape index (κ2) is 2.34. The van der Waals surface area contributed by atoms with E-state index < -0.39 is 26.4 Å². The van der Waals surface area contributed by atoms with Gasteiger partial charge >= 0.3 is 0 Å². The topological polar surface area (TPSA) is 63.2 Å². The van der Waals surface area contributed by atoms with Gasteiger partial charge in [-0.3, -0.25) is 4.79 Å². The average molecular weight is 175 g/mol. The highest BCUT2D eigenvalue weighted by Crippen LogP contribution is 2.29. The van der Waals surface area contributed by atoms with E-state index in [-0.39, 0.29) is 0 Å². The van der Waals surface area contributed by atoms with E-state index in [4.69, 9.17) is 0 Å². The zero-order valence-corrected chi connectivity index (χ0v) is 6.89. The van der Waals surface area contributed by atoms with E-state index in [1.54, 1.807) is 6.92 Å². The van der Waals surface area contributed by atoms with Crippen molar-refractivity contribution in [1.82, 2.24) is 5.32 Å². The van der Waals surface area contributed by atoms with Crippen molar-refractivity contribution in [2.75, 3.05) is 0 Å². The van der Waals surface area contributed by atoms with E-state index >= 15 is 0 Å². The Morgan fingerprint density at radius 1 is 1.64 bits per heavy atom. The summed E-state index contributed by atoms with van der Waals surface area (Å²) in [5.41, 5.74) is 0. The molecule has 1 aliphatic rings. The van der Waals surface area contributed by atoms with Crippen LogP contribution in [0.3, 0.4) is 0 Å². The van der Waals surface area contributed by atoms with Crippen LogP contribution in [0, 0.1) is 0 Å². The number of nitrogens with one attached hydrogen (secondary N) is 1. The molecule has 0 bridgehead atoms. The Balaban J connectivity index is 2.57. The molecule has 0 aromatic carbocycles. The Morgan fingerprint density at radius 3 is 2.36 bits per heavy atom. The predicted molar refractivity (Wildman–Crippen MR) is 40.5 cm³/mol. The molecule has 1 N–H and O–H groups in total. The molecule has 1 rings (SSSR count). The van der Waals surface area contributed by atoms with Crippen molar-refractivity contribution < 1.29 is 13.2 Å². The van der Waals surface area contributed by atoms with Crippen molar-refractivity contribution in [1.29, 1.82) is 0 Å². The summed E-state index contributed by atoms with van der Waals surface area (Å²) in [6.45, 7) is 4.77. The van der Waals surface area contributed by atoms with Crippen molar-refractivity contribution in [2.24, 2.45) is 0 Å². The normalized spacial score (nSPS) is 32.5. The van der Waals surface area contributed by atoms with Gasteiger partial charge in [-0.25, -0.2) is 8.42 Å². The van der Waals surface area contributed by atoms with Crippen molar-refractivity contribution >= 4 is 15.7 Å². The van der Waals surface area contributed by atoms with Gasteiger partial charge in [-0.15, -0.1) is 0 Å². The maximum atomic E-state index is 10.8. The zero-order valence-electron chi connectivity index (χ0n) is 6.07. The maximum Gasteiger partial charge on any atom is 0.244 e. The van der Waals surface area contributed by atoms with E-state index in [2.05, 4.69) is 11.9 Å². The molecule has 0 aliphatic carbocycles. The molecule has 4 nitrogen and oxygen atoms in total. The fraction of sp³-hybridized carbons (Fsp3) is 0.500. The Bertz CT molecular complexity index is 293. The average Bonchev–Trinajstić information content (AvgIpc) is 2.39. The van der Waals surface area contributed by atoms with E-state index in [9.17, 15) is 13.2 Å². The minimum atomic E-state index is -3.02. The van der Waals surface area contributed by atoms with Crippen LogP contribution in [0.5, 0.6) is 0 Å². The molecule has 5 heteroatoms. The molecule has 0 aromatic heterocycles. The fourth-order valence-corrected chi connectivity index (χ4v) is 2.21. The Kier molecular flexibility index (Phi) is 1.75. The highest BCUT2D eigenvalue weighted by Gasteiger charge is 2.54. The van der Waals surface area contributed by atoms with Crippen LogP contribution in [0.4, 0.5) is 0 Å². The maximum absolute atomic E-state index is 10.8. The number of sulfone groups is 1. The number of rotatable bonds is 2. The van der Waals surface area contributed by atoms with Crippen LogP contribution in [-0.4, -0.2) is 24.9 Å². The summed E-state index contributed by atoms with van der Waals surface area (Å²) in [4.78, 5) is 10.6. The van der Waals surface area contributed by atoms with Crippen LogP contribution in [-0.2, 0) is 14.6 Å². The predicted octanol–water partition coefficient (Wildman–Crippen LogP) is -0.568. The van der Waals surface area contributed by atoms with Gasteiger partial charge < -0.3 is 5.32 Å². The van der Waals surface area contributed by atoms with Gasteiger partial charge in [0.25, 0.3) is 0 Å². The Labute approximate surface area is 65.2 Å². The van der Waals surface area contributed by atoms with Crippen molar-refractivity contribution in [3.63, 3.8) is 0 Å². The minimum absolute atomic E-state index is 0.439. The first-order valence-electron chi connectivity index (χ1n) is 3.16. The molecule has 11 heavy (non-hydrogen) atoms. The first-order valence-corrected chi connectivity index (χ1v) is 4.76.